The highest BCUT2D eigenvalue weighted by molar-refractivity contribution is 8.13. The second-order valence-electron chi connectivity index (χ2n) is 13.4. The Kier molecular flexibility index (Phi) is 23.3. The minimum absolute atomic E-state index is 0. The maximum absolute atomic E-state index is 9.40. The molecule has 1 fully saturated rings. The van der Waals surface area contributed by atoms with Crippen LogP contribution in [0.15, 0.2) is 180 Å². The first-order chi connectivity index (χ1) is 27.0. The second kappa shape index (κ2) is 26.1. The molecular formula is C50H59ClO5S4. The monoisotopic (exact) mass is 902 g/mol. The molecule has 10 heteroatoms. The lowest BCUT2D eigenvalue weighted by Crippen LogP contribution is -2.24. The second-order valence-corrected chi connectivity index (χ2v) is 20.6. The van der Waals surface area contributed by atoms with Crippen LogP contribution in [0.25, 0.3) is 43.1 Å². The average Bonchev–Trinajstić information content (AvgIpc) is 3.13. The number of rotatable bonds is 1. The first-order valence-corrected chi connectivity index (χ1v) is 24.6. The third-order valence-corrected chi connectivity index (χ3v) is 11.1. The fourth-order valence-corrected chi connectivity index (χ4v) is 7.48. The van der Waals surface area contributed by atoms with Crippen LogP contribution in [-0.2, 0) is 30.1 Å². The van der Waals surface area contributed by atoms with Gasteiger partial charge in [-0.1, -0.05) is 173 Å². The number of hydrogen-bond acceptors (Lipinski definition) is 6. The molecule has 1 heterocycles. The number of halogens is 1. The number of thiol groups is 1. The quantitative estimate of drug-likeness (QED) is 0.0767. The van der Waals surface area contributed by atoms with Crippen molar-refractivity contribution in [1.82, 2.24) is 0 Å². The topological polar surface area (TPSA) is 91.3 Å². The summed E-state index contributed by atoms with van der Waals surface area (Å²) in [4.78, 5) is 2.58. The molecule has 1 saturated heterocycles. The van der Waals surface area contributed by atoms with E-state index < -0.39 is 19.2 Å². The molecule has 0 bridgehead atoms. The minimum Gasteiger partial charge on any atom is -0.748 e. The number of aryl methyl sites for hydroxylation is 2. The van der Waals surface area contributed by atoms with Gasteiger partial charge in [0.05, 0.1) is 16.4 Å². The predicted molar refractivity (Wildman–Crippen MR) is 269 cm³/mol. The van der Waals surface area contributed by atoms with Crippen LogP contribution in [-0.4, -0.2) is 45.4 Å². The Bertz CT molecular complexity index is 2520. The Labute approximate surface area is 372 Å². The minimum atomic E-state index is -3.92. The maximum atomic E-state index is 9.40. The van der Waals surface area contributed by atoms with Gasteiger partial charge in [-0.05, 0) is 81.2 Å². The number of hydrogen-bond donors (Lipinski definition) is 1. The molecule has 8 aromatic rings. The zero-order valence-corrected chi connectivity index (χ0v) is 36.5. The standard InChI is InChI=1S/C13H13S.2C11H10.C10H8S.CH3ClO2S.CH4O3S.3CH4/c1-2-5-12-10-13(14-8-3-9-14)7-6-11(12)4-1;2*1-9-6-7-10-4-2-3-5-11(10)8-9;11-10-6-5-8-3-1-2-4-9(8)7-10;2*1-5(2,3)4;;;/h1-2,4-7,10H,3,8-9H2;2*2-8H,1H3;1-7,11H;1H3;1H3,(H,2,3,4);3*1H4/q+1;;;;;;;;/p-1. The molecule has 5 nitrogen and oxygen atoms in total. The van der Waals surface area contributed by atoms with Gasteiger partial charge in [0.15, 0.2) is 4.90 Å². The van der Waals surface area contributed by atoms with Gasteiger partial charge >= 0.3 is 0 Å². The van der Waals surface area contributed by atoms with Gasteiger partial charge < -0.3 is 4.55 Å². The van der Waals surface area contributed by atoms with E-state index in [1.54, 1.807) is 4.90 Å². The molecule has 0 spiro atoms. The first-order valence-electron chi connectivity index (χ1n) is 18.1. The number of fused-ring (bicyclic) bond motifs is 4. The Hall–Kier alpha value is -4.35. The van der Waals surface area contributed by atoms with Gasteiger partial charge in [0.1, 0.15) is 11.5 Å². The van der Waals surface area contributed by atoms with E-state index in [2.05, 4.69) is 189 Å². The van der Waals surface area contributed by atoms with Crippen LogP contribution in [0.1, 0.15) is 39.8 Å². The summed E-state index contributed by atoms with van der Waals surface area (Å²) < 4.78 is 46.0. The average molecular weight is 904 g/mol. The van der Waals surface area contributed by atoms with Gasteiger partial charge in [-0.3, -0.25) is 0 Å². The zero-order valence-electron chi connectivity index (χ0n) is 32.4. The molecule has 60 heavy (non-hydrogen) atoms. The van der Waals surface area contributed by atoms with Gasteiger partial charge in [-0.2, -0.15) is 0 Å². The van der Waals surface area contributed by atoms with Crippen LogP contribution in [0.3, 0.4) is 0 Å². The summed E-state index contributed by atoms with van der Waals surface area (Å²) in [6.45, 7) is 4.24. The van der Waals surface area contributed by atoms with E-state index in [1.165, 1.54) is 72.1 Å². The van der Waals surface area contributed by atoms with E-state index in [0.29, 0.717) is 17.2 Å². The summed E-state index contributed by atoms with van der Waals surface area (Å²) in [6.07, 6.45) is 2.96. The van der Waals surface area contributed by atoms with Crippen LogP contribution in [0.4, 0.5) is 0 Å². The van der Waals surface area contributed by atoms with Gasteiger partial charge in [0.2, 0.25) is 9.05 Å². The van der Waals surface area contributed by atoms with Crippen molar-refractivity contribution < 1.29 is 21.4 Å². The third kappa shape index (κ3) is 20.3. The van der Waals surface area contributed by atoms with Crippen molar-refractivity contribution in [3.63, 3.8) is 0 Å². The van der Waals surface area contributed by atoms with E-state index in [9.17, 15) is 8.42 Å². The van der Waals surface area contributed by atoms with E-state index in [4.69, 9.17) is 13.0 Å². The van der Waals surface area contributed by atoms with Crippen molar-refractivity contribution >= 4 is 96.5 Å². The van der Waals surface area contributed by atoms with Crippen LogP contribution in [0, 0.1) is 13.8 Å². The summed E-state index contributed by atoms with van der Waals surface area (Å²) >= 11 is 4.26. The molecule has 8 aromatic carbocycles. The summed E-state index contributed by atoms with van der Waals surface area (Å²) in [5.41, 5.74) is 2.65. The fourth-order valence-electron chi connectivity index (χ4n) is 5.67. The largest absolute Gasteiger partial charge is 0.748 e. The molecule has 0 aromatic heterocycles. The normalized spacial score (nSPS) is 11.5. The van der Waals surface area contributed by atoms with E-state index in [1.807, 2.05) is 18.2 Å². The highest BCUT2D eigenvalue weighted by Crippen LogP contribution is 2.27. The maximum Gasteiger partial charge on any atom is 0.229 e. The molecule has 0 unspecified atom stereocenters. The first kappa shape index (κ1) is 53.7. The van der Waals surface area contributed by atoms with Crippen molar-refractivity contribution in [2.24, 2.45) is 0 Å². The molecule has 0 amide bonds. The fraction of sp³-hybridized carbons (Fsp3) is 0.200. The van der Waals surface area contributed by atoms with Crippen LogP contribution in [0.5, 0.6) is 0 Å². The lowest BCUT2D eigenvalue weighted by atomic mass is 10.1. The Morgan fingerprint density at radius 2 is 0.767 bits per heavy atom. The van der Waals surface area contributed by atoms with Crippen LogP contribution in [0.2, 0.25) is 0 Å². The van der Waals surface area contributed by atoms with Gasteiger partial charge in [0.25, 0.3) is 0 Å². The summed E-state index contributed by atoms with van der Waals surface area (Å²) in [7, 11) is -2.02. The molecule has 1 aliphatic heterocycles. The Morgan fingerprint density at radius 1 is 0.483 bits per heavy atom. The van der Waals surface area contributed by atoms with Gasteiger partial charge in [0, 0.05) is 45.2 Å². The Balaban J connectivity index is 0.000000368. The lowest BCUT2D eigenvalue weighted by molar-refractivity contribution is 0.470. The summed E-state index contributed by atoms with van der Waals surface area (Å²) in [5.74, 6) is 2.83. The molecule has 0 radical (unpaired) electrons. The van der Waals surface area contributed by atoms with Crippen LogP contribution >= 0.6 is 23.3 Å². The van der Waals surface area contributed by atoms with Crippen molar-refractivity contribution in [1.29, 1.82) is 0 Å². The zero-order chi connectivity index (χ0) is 41.4. The summed E-state index contributed by atoms with van der Waals surface area (Å²) in [5, 5.41) is 10.6. The van der Waals surface area contributed by atoms with Crippen molar-refractivity contribution in [2.45, 2.75) is 52.3 Å². The van der Waals surface area contributed by atoms with Crippen molar-refractivity contribution in [3.05, 3.63) is 181 Å². The highest BCUT2D eigenvalue weighted by Gasteiger charge is 2.30. The Morgan fingerprint density at radius 3 is 1.10 bits per heavy atom. The molecule has 0 saturated carbocycles. The SMILES string of the molecule is C.C.C.CS(=O)(=O)Cl.CS(=O)(=O)[O-].Cc1ccc2ccccc2c1.Cc1ccc2ccccc2c1.Sc1ccc2ccccc2c1.c1ccc2cc([S+]3CCC3)ccc2c1. The number of benzene rings is 8. The molecule has 0 atom stereocenters. The van der Waals surface area contributed by atoms with E-state index in [0.717, 1.165) is 11.2 Å². The molecule has 9 rings (SSSR count). The van der Waals surface area contributed by atoms with Crippen molar-refractivity contribution in [3.8, 4) is 0 Å². The third-order valence-electron chi connectivity index (χ3n) is 8.38. The predicted octanol–water partition coefficient (Wildman–Crippen LogP) is 13.9. The summed E-state index contributed by atoms with van der Waals surface area (Å²) in [6, 6.07) is 59.8. The van der Waals surface area contributed by atoms with Gasteiger partial charge in [-0.15, -0.1) is 12.6 Å². The highest BCUT2D eigenvalue weighted by atomic mass is 35.7. The molecule has 0 aliphatic carbocycles. The van der Waals surface area contributed by atoms with Gasteiger partial charge in [-0.25, -0.2) is 16.8 Å². The smallest absolute Gasteiger partial charge is 0.229 e. The molecule has 1 aliphatic rings. The van der Waals surface area contributed by atoms with E-state index in [-0.39, 0.29) is 22.3 Å². The molecule has 0 N–H and O–H groups in total. The van der Waals surface area contributed by atoms with Crippen molar-refractivity contribution in [2.75, 3.05) is 24.0 Å². The van der Waals surface area contributed by atoms with E-state index >= 15 is 0 Å². The molecular weight excluding hydrogens is 844 g/mol. The molecule has 320 valence electrons. The lowest BCUT2D eigenvalue weighted by Gasteiger charge is -2.15. The van der Waals surface area contributed by atoms with Crippen LogP contribution < -0.4 is 0 Å².